The predicted molar refractivity (Wildman–Crippen MR) is 297 cm³/mol. The van der Waals surface area contributed by atoms with Crippen molar-refractivity contribution in [2.24, 2.45) is 0 Å². The van der Waals surface area contributed by atoms with Crippen molar-refractivity contribution in [3.05, 3.63) is 97.2 Å². The molecule has 0 rings (SSSR count). The van der Waals surface area contributed by atoms with Gasteiger partial charge in [0.15, 0.2) is 6.10 Å². The summed E-state index contributed by atoms with van der Waals surface area (Å²) < 4.78 is 17.4. The van der Waals surface area contributed by atoms with Crippen molar-refractivity contribution in [2.45, 2.75) is 271 Å². The lowest BCUT2D eigenvalue weighted by Gasteiger charge is -2.18. The summed E-state index contributed by atoms with van der Waals surface area (Å²) >= 11 is 0. The molecule has 0 amide bonds. The van der Waals surface area contributed by atoms with Crippen LogP contribution in [-0.4, -0.2) is 37.9 Å². The zero-order valence-electron chi connectivity index (χ0n) is 44.8. The number of hydrogen-bond acceptors (Lipinski definition) is 5. The smallest absolute Gasteiger partial charge is 0.306 e. The number of carbonyl (C=O) groups is 2. The average molecular weight is 946 g/mol. The zero-order chi connectivity index (χ0) is 49.2. The Morgan fingerprint density at radius 1 is 0.338 bits per heavy atom. The lowest BCUT2D eigenvalue weighted by atomic mass is 10.1. The lowest BCUT2D eigenvalue weighted by molar-refractivity contribution is -0.163. The van der Waals surface area contributed by atoms with Gasteiger partial charge in [-0.25, -0.2) is 0 Å². The number of allylic oxidation sites excluding steroid dienone is 16. The highest BCUT2D eigenvalue weighted by Crippen LogP contribution is 2.14. The van der Waals surface area contributed by atoms with Crippen molar-refractivity contribution in [1.29, 1.82) is 0 Å². The fraction of sp³-hybridized carbons (Fsp3) is 0.714. The molecule has 0 N–H and O–H groups in total. The van der Waals surface area contributed by atoms with Crippen molar-refractivity contribution in [3.8, 4) is 0 Å². The molecule has 390 valence electrons. The SMILES string of the molecule is CC/C=C\C/C=C\C/C=C\C/C=C\C/C=C\CCCCCCOCC(COC(=O)CCCCCCCCC/C=C\CCCCCCCC)OC(=O)CCCCCCC/C=C\C/C=C\CCCCC. The van der Waals surface area contributed by atoms with Gasteiger partial charge in [-0.1, -0.05) is 227 Å². The summed E-state index contributed by atoms with van der Waals surface area (Å²) in [6.07, 6.45) is 78.5. The number of esters is 2. The first-order chi connectivity index (χ1) is 33.6. The van der Waals surface area contributed by atoms with E-state index in [0.717, 1.165) is 109 Å². The Morgan fingerprint density at radius 2 is 0.662 bits per heavy atom. The minimum atomic E-state index is -0.565. The highest BCUT2D eigenvalue weighted by atomic mass is 16.6. The third-order valence-electron chi connectivity index (χ3n) is 12.1. The molecule has 0 spiro atoms. The molecule has 0 aliphatic rings. The molecule has 5 nitrogen and oxygen atoms in total. The topological polar surface area (TPSA) is 61.8 Å². The molecule has 0 fully saturated rings. The second kappa shape index (κ2) is 58.1. The van der Waals surface area contributed by atoms with Gasteiger partial charge in [0.05, 0.1) is 6.61 Å². The second-order valence-corrected chi connectivity index (χ2v) is 18.8. The van der Waals surface area contributed by atoms with E-state index in [9.17, 15) is 9.59 Å². The van der Waals surface area contributed by atoms with E-state index in [0.29, 0.717) is 19.4 Å². The molecular formula is C63H108O5. The van der Waals surface area contributed by atoms with Crippen LogP contribution in [0.15, 0.2) is 97.2 Å². The van der Waals surface area contributed by atoms with E-state index < -0.39 is 6.10 Å². The predicted octanol–water partition coefficient (Wildman–Crippen LogP) is 19.8. The summed E-state index contributed by atoms with van der Waals surface area (Å²) in [6.45, 7) is 7.62. The van der Waals surface area contributed by atoms with Crippen LogP contribution >= 0.6 is 0 Å². The Kier molecular flexibility index (Phi) is 55.4. The van der Waals surface area contributed by atoms with Crippen molar-refractivity contribution in [3.63, 3.8) is 0 Å². The van der Waals surface area contributed by atoms with Crippen LogP contribution in [-0.2, 0) is 23.8 Å². The first-order valence-electron chi connectivity index (χ1n) is 28.8. The maximum atomic E-state index is 12.9. The first kappa shape index (κ1) is 64.8. The van der Waals surface area contributed by atoms with Gasteiger partial charge in [0.25, 0.3) is 0 Å². The summed E-state index contributed by atoms with van der Waals surface area (Å²) in [6, 6.07) is 0. The van der Waals surface area contributed by atoms with E-state index >= 15 is 0 Å². The molecule has 5 heteroatoms. The van der Waals surface area contributed by atoms with E-state index in [4.69, 9.17) is 14.2 Å². The largest absolute Gasteiger partial charge is 0.462 e. The van der Waals surface area contributed by atoms with Crippen LogP contribution in [0.4, 0.5) is 0 Å². The molecule has 0 aromatic carbocycles. The fourth-order valence-electron chi connectivity index (χ4n) is 7.80. The van der Waals surface area contributed by atoms with Gasteiger partial charge in [0, 0.05) is 19.4 Å². The molecule has 0 saturated heterocycles. The van der Waals surface area contributed by atoms with Crippen LogP contribution in [0.3, 0.4) is 0 Å². The van der Waals surface area contributed by atoms with Crippen molar-refractivity contribution >= 4 is 11.9 Å². The monoisotopic (exact) mass is 945 g/mol. The number of carbonyl (C=O) groups excluding carboxylic acids is 2. The summed E-state index contributed by atoms with van der Waals surface area (Å²) in [4.78, 5) is 25.5. The van der Waals surface area contributed by atoms with Crippen LogP contribution in [0, 0.1) is 0 Å². The molecule has 0 bridgehead atoms. The van der Waals surface area contributed by atoms with Gasteiger partial charge in [-0.2, -0.15) is 0 Å². The van der Waals surface area contributed by atoms with E-state index in [1.54, 1.807) is 0 Å². The van der Waals surface area contributed by atoms with Crippen LogP contribution in [0.1, 0.15) is 265 Å². The molecule has 0 heterocycles. The van der Waals surface area contributed by atoms with Crippen LogP contribution in [0.5, 0.6) is 0 Å². The quantitative estimate of drug-likeness (QED) is 0.0345. The summed E-state index contributed by atoms with van der Waals surface area (Å²) in [5, 5.41) is 0. The fourth-order valence-corrected chi connectivity index (χ4v) is 7.80. The molecule has 1 unspecified atom stereocenters. The lowest BCUT2D eigenvalue weighted by Crippen LogP contribution is -2.30. The summed E-state index contributed by atoms with van der Waals surface area (Å²) in [7, 11) is 0. The molecule has 0 saturated carbocycles. The number of hydrogen-bond donors (Lipinski definition) is 0. The Hall–Kier alpha value is -3.18. The van der Waals surface area contributed by atoms with Gasteiger partial charge < -0.3 is 14.2 Å². The van der Waals surface area contributed by atoms with Gasteiger partial charge in [0.2, 0.25) is 0 Å². The molecule has 68 heavy (non-hydrogen) atoms. The Balaban J connectivity index is 4.36. The molecule has 0 radical (unpaired) electrons. The molecule has 1 atom stereocenters. The maximum absolute atomic E-state index is 12.9. The minimum Gasteiger partial charge on any atom is -0.462 e. The van der Waals surface area contributed by atoms with Crippen molar-refractivity contribution in [1.82, 2.24) is 0 Å². The van der Waals surface area contributed by atoms with Crippen LogP contribution in [0.25, 0.3) is 0 Å². The zero-order valence-corrected chi connectivity index (χ0v) is 44.8. The number of ether oxygens (including phenoxy) is 3. The third-order valence-corrected chi connectivity index (χ3v) is 12.1. The van der Waals surface area contributed by atoms with Crippen molar-refractivity contribution in [2.75, 3.05) is 19.8 Å². The van der Waals surface area contributed by atoms with E-state index in [1.807, 2.05) is 0 Å². The van der Waals surface area contributed by atoms with E-state index in [1.165, 1.54) is 122 Å². The maximum Gasteiger partial charge on any atom is 0.306 e. The van der Waals surface area contributed by atoms with Crippen molar-refractivity contribution < 1.29 is 23.8 Å². The van der Waals surface area contributed by atoms with Crippen LogP contribution in [0.2, 0.25) is 0 Å². The molecule has 0 aromatic heterocycles. The Labute approximate surface area is 422 Å². The van der Waals surface area contributed by atoms with Gasteiger partial charge >= 0.3 is 11.9 Å². The highest BCUT2D eigenvalue weighted by molar-refractivity contribution is 5.70. The number of rotatable bonds is 52. The summed E-state index contributed by atoms with van der Waals surface area (Å²) in [5.74, 6) is -0.431. The molecular weight excluding hydrogens is 837 g/mol. The number of unbranched alkanes of at least 4 members (excludes halogenated alkanes) is 25. The van der Waals surface area contributed by atoms with E-state index in [2.05, 4.69) is 118 Å². The Morgan fingerprint density at radius 3 is 1.10 bits per heavy atom. The van der Waals surface area contributed by atoms with Gasteiger partial charge in [0.1, 0.15) is 6.61 Å². The third kappa shape index (κ3) is 55.4. The highest BCUT2D eigenvalue weighted by Gasteiger charge is 2.17. The summed E-state index contributed by atoms with van der Waals surface area (Å²) in [5.41, 5.74) is 0. The minimum absolute atomic E-state index is 0.0629. The standard InChI is InChI=1S/C63H108O5/c1-4-7-10-13-16-19-22-25-28-30-31-32-34-37-40-43-46-49-52-55-58-66-59-61(68-63(65)57-54-51-48-45-42-39-35-27-24-21-18-15-12-9-6-3)60-67-62(64)56-53-50-47-44-41-38-36-33-29-26-23-20-17-14-11-8-5-2/h7,10,16,18-19,21,25-29,31-32,35,37,40,61H,4-6,8-9,11-15,17,20,22-24,30,33-34,36,38-39,41-60H2,1-3H3/b10-7-,19-16-,21-18-,28-25-,29-26-,32-31-,35-27-,40-37-. The molecule has 0 aliphatic carbocycles. The normalized spacial score (nSPS) is 12.9. The average Bonchev–Trinajstić information content (AvgIpc) is 3.34. The Bertz CT molecular complexity index is 1300. The van der Waals surface area contributed by atoms with Gasteiger partial charge in [-0.05, 0) is 122 Å². The van der Waals surface area contributed by atoms with Gasteiger partial charge in [-0.3, -0.25) is 9.59 Å². The second-order valence-electron chi connectivity index (χ2n) is 18.8. The molecule has 0 aromatic rings. The van der Waals surface area contributed by atoms with Crippen LogP contribution < -0.4 is 0 Å². The van der Waals surface area contributed by atoms with Gasteiger partial charge in [-0.15, -0.1) is 0 Å². The molecule has 0 aliphatic heterocycles. The first-order valence-corrected chi connectivity index (χ1v) is 28.8. The van der Waals surface area contributed by atoms with E-state index in [-0.39, 0.29) is 25.2 Å².